The van der Waals surface area contributed by atoms with Gasteiger partial charge in [0.25, 0.3) is 0 Å². The normalized spacial score (nSPS) is 18.0. The summed E-state index contributed by atoms with van der Waals surface area (Å²) >= 11 is 0. The molecule has 2 heterocycles. The van der Waals surface area contributed by atoms with Gasteiger partial charge in [-0.2, -0.15) is 0 Å². The maximum atomic E-state index is 11.7. The van der Waals surface area contributed by atoms with Crippen LogP contribution in [0, 0.1) is 0 Å². The quantitative estimate of drug-likeness (QED) is 0.678. The van der Waals surface area contributed by atoms with E-state index in [9.17, 15) is 14.4 Å². The third-order valence-corrected chi connectivity index (χ3v) is 4.82. The molecule has 0 bridgehead atoms. The molecule has 1 aromatic rings. The number of ether oxygens (including phenoxy) is 2. The fraction of sp³-hybridized carbons (Fsp3) is 0.550. The summed E-state index contributed by atoms with van der Waals surface area (Å²) < 4.78 is 10.7. The van der Waals surface area contributed by atoms with Crippen LogP contribution in [-0.4, -0.2) is 76.2 Å². The molecule has 0 radical (unpaired) electrons. The minimum atomic E-state index is -0.507. The average molecular weight is 406 g/mol. The first-order valence-corrected chi connectivity index (χ1v) is 9.73. The van der Waals surface area contributed by atoms with Gasteiger partial charge in [-0.1, -0.05) is 0 Å². The van der Waals surface area contributed by atoms with E-state index in [4.69, 9.17) is 15.2 Å². The lowest BCUT2D eigenvalue weighted by molar-refractivity contribution is -0.120. The van der Waals surface area contributed by atoms with E-state index in [1.165, 1.54) is 12.0 Å². The van der Waals surface area contributed by atoms with Crippen molar-refractivity contribution in [2.24, 2.45) is 5.73 Å². The number of hydrogen-bond donors (Lipinski definition) is 2. The van der Waals surface area contributed by atoms with Crippen LogP contribution in [0.2, 0.25) is 0 Å². The molecule has 29 heavy (non-hydrogen) atoms. The van der Waals surface area contributed by atoms with Crippen molar-refractivity contribution in [3.05, 3.63) is 23.8 Å². The lowest BCUT2D eigenvalue weighted by Gasteiger charge is -2.28. The van der Waals surface area contributed by atoms with E-state index in [2.05, 4.69) is 17.3 Å². The van der Waals surface area contributed by atoms with Crippen molar-refractivity contribution in [1.82, 2.24) is 10.2 Å². The number of anilines is 1. The number of benzene rings is 1. The van der Waals surface area contributed by atoms with Crippen LogP contribution in [0.25, 0.3) is 0 Å². The number of rotatable bonds is 6. The number of imide groups is 1. The number of methoxy groups -OCH3 is 1. The number of carbonyl (C=O) groups is 3. The Hall–Kier alpha value is -2.49. The lowest BCUT2D eigenvalue weighted by Crippen LogP contribution is -2.49. The van der Waals surface area contributed by atoms with E-state index in [1.54, 1.807) is 18.2 Å². The van der Waals surface area contributed by atoms with Crippen molar-refractivity contribution in [3.8, 4) is 5.75 Å². The molecule has 3 N–H and O–H groups in total. The van der Waals surface area contributed by atoms with Gasteiger partial charge in [-0.15, -0.1) is 0 Å². The number of likely N-dealkylation sites (tertiary alicyclic amines) is 1. The van der Waals surface area contributed by atoms with Crippen molar-refractivity contribution in [2.45, 2.75) is 25.4 Å². The van der Waals surface area contributed by atoms with E-state index in [-0.39, 0.29) is 18.9 Å². The molecule has 2 saturated heterocycles. The van der Waals surface area contributed by atoms with Crippen LogP contribution in [0.15, 0.2) is 18.2 Å². The highest BCUT2D eigenvalue weighted by Gasteiger charge is 2.26. The Morgan fingerprint density at radius 1 is 1.24 bits per heavy atom. The predicted molar refractivity (Wildman–Crippen MR) is 109 cm³/mol. The van der Waals surface area contributed by atoms with Crippen molar-refractivity contribution in [3.63, 3.8) is 0 Å². The molecule has 1 aromatic carbocycles. The number of nitrogens with two attached hydrogens (primary N) is 1. The van der Waals surface area contributed by atoms with E-state index in [1.807, 2.05) is 0 Å². The Bertz CT molecular complexity index is 701. The van der Waals surface area contributed by atoms with Gasteiger partial charge in [0.2, 0.25) is 5.91 Å². The molecule has 0 atom stereocenters. The maximum Gasteiger partial charge on any atom is 0.328 e. The third kappa shape index (κ3) is 6.81. The number of piperidine rings is 1. The fourth-order valence-corrected chi connectivity index (χ4v) is 3.17. The summed E-state index contributed by atoms with van der Waals surface area (Å²) in [5.41, 5.74) is 6.26. The first kappa shape index (κ1) is 22.8. The molecule has 0 aliphatic carbocycles. The number of urea groups is 1. The number of nitrogens with one attached hydrogen (secondary N) is 1. The van der Waals surface area contributed by atoms with Crippen LogP contribution < -0.4 is 20.7 Å². The molecular formula is C20H30N4O5. The van der Waals surface area contributed by atoms with Crippen molar-refractivity contribution in [1.29, 1.82) is 0 Å². The van der Waals surface area contributed by atoms with Crippen molar-refractivity contribution in [2.75, 3.05) is 51.8 Å². The van der Waals surface area contributed by atoms with E-state index in [0.29, 0.717) is 42.5 Å². The molecular weight excluding hydrogens is 376 g/mol. The summed E-state index contributed by atoms with van der Waals surface area (Å²) in [5.74, 6) is 0.173. The van der Waals surface area contributed by atoms with E-state index >= 15 is 0 Å². The van der Waals surface area contributed by atoms with Crippen LogP contribution in [0.3, 0.4) is 0 Å². The molecule has 3 amide bonds. The molecule has 9 nitrogen and oxygen atoms in total. The van der Waals surface area contributed by atoms with Gasteiger partial charge in [0.1, 0.15) is 12.0 Å². The predicted octanol–water partition coefficient (Wildman–Crippen LogP) is 1.01. The van der Waals surface area contributed by atoms with Crippen LogP contribution >= 0.6 is 0 Å². The molecule has 2 fully saturated rings. The highest BCUT2D eigenvalue weighted by Crippen LogP contribution is 2.30. The Labute approximate surface area is 171 Å². The largest absolute Gasteiger partial charge is 0.495 e. The number of hydrogen-bond acceptors (Lipinski definition) is 7. The van der Waals surface area contributed by atoms with Crippen molar-refractivity contribution < 1.29 is 23.9 Å². The highest BCUT2D eigenvalue weighted by atomic mass is 16.5. The van der Waals surface area contributed by atoms with Gasteiger partial charge in [0, 0.05) is 38.2 Å². The second-order valence-electron chi connectivity index (χ2n) is 6.97. The number of aldehydes is 1. The second kappa shape index (κ2) is 11.5. The Morgan fingerprint density at radius 3 is 2.55 bits per heavy atom. The monoisotopic (exact) mass is 406 g/mol. The molecule has 0 aromatic heterocycles. The first-order chi connectivity index (χ1) is 14.0. The highest BCUT2D eigenvalue weighted by molar-refractivity contribution is 6.06. The average Bonchev–Trinajstić information content (AvgIpc) is 2.73. The lowest BCUT2D eigenvalue weighted by atomic mass is 10.1. The van der Waals surface area contributed by atoms with E-state index < -0.39 is 6.03 Å². The van der Waals surface area contributed by atoms with Crippen LogP contribution in [0.1, 0.15) is 29.6 Å². The molecule has 3 rings (SSSR count). The van der Waals surface area contributed by atoms with Gasteiger partial charge in [-0.3, -0.25) is 19.8 Å². The summed E-state index contributed by atoms with van der Waals surface area (Å²) in [5, 5.41) is 2.22. The van der Waals surface area contributed by atoms with Crippen LogP contribution in [-0.2, 0) is 9.53 Å². The first-order valence-electron chi connectivity index (χ1n) is 9.73. The van der Waals surface area contributed by atoms with E-state index in [0.717, 1.165) is 25.9 Å². The minimum absolute atomic E-state index is 0.222. The van der Waals surface area contributed by atoms with Gasteiger partial charge < -0.3 is 20.1 Å². The fourth-order valence-electron chi connectivity index (χ4n) is 3.17. The van der Waals surface area contributed by atoms with Gasteiger partial charge in [-0.05, 0) is 38.1 Å². The summed E-state index contributed by atoms with van der Waals surface area (Å²) in [6, 6.07) is 4.26. The zero-order valence-corrected chi connectivity index (χ0v) is 17.1. The summed E-state index contributed by atoms with van der Waals surface area (Å²) in [4.78, 5) is 37.3. The standard InChI is InChI=1S/C12H12N2O4.C8H18N2O/c1-18-10-3-2-8(7-15)6-9(10)14-5-4-11(16)13-12(14)17;1-10-5-2-8(3-6-10)11-7-4-9/h2-3,6-7H,4-5H2,1H3,(H,13,16,17);8H,2-7,9H2,1H3. The summed E-state index contributed by atoms with van der Waals surface area (Å²) in [7, 11) is 3.63. The number of carbonyl (C=O) groups excluding carboxylic acids is 3. The molecule has 0 saturated carbocycles. The number of nitrogens with zero attached hydrogens (tertiary/aromatic N) is 2. The number of amides is 3. The van der Waals surface area contributed by atoms with Gasteiger partial charge in [0.15, 0.2) is 0 Å². The zero-order valence-electron chi connectivity index (χ0n) is 17.1. The second-order valence-corrected chi connectivity index (χ2v) is 6.97. The Kier molecular flexibility index (Phi) is 9.04. The molecule has 9 heteroatoms. The molecule has 0 unspecified atom stereocenters. The van der Waals surface area contributed by atoms with Gasteiger partial charge >= 0.3 is 6.03 Å². The molecule has 160 valence electrons. The van der Waals surface area contributed by atoms with Crippen LogP contribution in [0.4, 0.5) is 10.5 Å². The Morgan fingerprint density at radius 2 is 1.97 bits per heavy atom. The SMILES string of the molecule is CN1CCC(OCCN)CC1.COc1ccc(C=O)cc1N1CCC(=O)NC1=O. The molecule has 0 spiro atoms. The van der Waals surface area contributed by atoms with Gasteiger partial charge in [-0.25, -0.2) is 4.79 Å². The zero-order chi connectivity index (χ0) is 21.2. The maximum absolute atomic E-state index is 11.7. The summed E-state index contributed by atoms with van der Waals surface area (Å²) in [6.07, 6.45) is 3.71. The molecule has 2 aliphatic heterocycles. The minimum Gasteiger partial charge on any atom is -0.495 e. The smallest absolute Gasteiger partial charge is 0.328 e. The third-order valence-electron chi connectivity index (χ3n) is 4.82. The van der Waals surface area contributed by atoms with Crippen molar-refractivity contribution >= 4 is 23.9 Å². The van der Waals surface area contributed by atoms with Gasteiger partial charge in [0.05, 0.1) is 25.5 Å². The molecule has 2 aliphatic rings. The van der Waals surface area contributed by atoms with Crippen LogP contribution in [0.5, 0.6) is 5.75 Å². The summed E-state index contributed by atoms with van der Waals surface area (Å²) in [6.45, 7) is 3.95. The Balaban J connectivity index is 0.000000234. The topological polar surface area (TPSA) is 114 Å².